The number of carbonyl (C=O) groups excluding carboxylic acids is 1. The fraction of sp³-hybridized carbons (Fsp3) is 0.357. The Hall–Kier alpha value is -2.64. The zero-order valence-electron chi connectivity index (χ0n) is 20.4. The van der Waals surface area contributed by atoms with Crippen LogP contribution in [-0.2, 0) is 19.4 Å². The molecule has 0 radical (unpaired) electrons. The fourth-order valence-electron chi connectivity index (χ4n) is 4.30. The summed E-state index contributed by atoms with van der Waals surface area (Å²) >= 11 is 5.20. The lowest BCUT2D eigenvalue weighted by molar-refractivity contribution is 0.0947. The van der Waals surface area contributed by atoms with E-state index < -0.39 is 0 Å². The molecule has 0 saturated heterocycles. The molecule has 1 aromatic carbocycles. The van der Waals surface area contributed by atoms with Crippen molar-refractivity contribution in [2.45, 2.75) is 46.6 Å². The van der Waals surface area contributed by atoms with Crippen LogP contribution in [0.1, 0.15) is 59.3 Å². The molecule has 1 aliphatic rings. The molecule has 0 unspecified atom stereocenters. The van der Waals surface area contributed by atoms with Gasteiger partial charge in [0, 0.05) is 11.1 Å². The lowest BCUT2D eigenvalue weighted by Crippen LogP contribution is -2.28. The van der Waals surface area contributed by atoms with E-state index in [1.807, 2.05) is 36.5 Å². The Labute approximate surface area is 219 Å². The predicted molar refractivity (Wildman–Crippen MR) is 146 cm³/mol. The molecule has 3 aromatic rings. The van der Waals surface area contributed by atoms with Gasteiger partial charge in [0.2, 0.25) is 0 Å². The Kier molecular flexibility index (Phi) is 7.97. The Balaban J connectivity index is 1.62. The summed E-state index contributed by atoms with van der Waals surface area (Å²) in [5.41, 5.74) is 3.00. The fourth-order valence-corrected chi connectivity index (χ4v) is 6.08. The van der Waals surface area contributed by atoms with Crippen molar-refractivity contribution in [3.63, 3.8) is 0 Å². The maximum Gasteiger partial charge on any atom is 0.255 e. The van der Waals surface area contributed by atoms with Gasteiger partial charge in [-0.25, -0.2) is 4.99 Å². The zero-order valence-corrected chi connectivity index (χ0v) is 22.8. The molecule has 35 heavy (non-hydrogen) atoms. The van der Waals surface area contributed by atoms with Crippen LogP contribution in [0.25, 0.3) is 0 Å². The van der Waals surface area contributed by atoms with Crippen LogP contribution in [0.2, 0.25) is 0 Å². The molecular formula is C28H31BrN2O3S. The van der Waals surface area contributed by atoms with E-state index in [0.29, 0.717) is 24.6 Å². The van der Waals surface area contributed by atoms with E-state index in [-0.39, 0.29) is 11.3 Å². The number of nitrogens with one attached hydrogen (secondary N) is 1. The number of amides is 1. The van der Waals surface area contributed by atoms with Crippen molar-refractivity contribution in [1.29, 1.82) is 0 Å². The summed E-state index contributed by atoms with van der Waals surface area (Å²) in [7, 11) is 0. The third kappa shape index (κ3) is 6.14. The maximum absolute atomic E-state index is 13.3. The number of thiophene rings is 1. The van der Waals surface area contributed by atoms with Gasteiger partial charge >= 0.3 is 0 Å². The van der Waals surface area contributed by atoms with Gasteiger partial charge in [0.25, 0.3) is 5.91 Å². The van der Waals surface area contributed by atoms with E-state index in [1.54, 1.807) is 23.7 Å². The Morgan fingerprint density at radius 1 is 1.37 bits per heavy atom. The molecule has 0 spiro atoms. The van der Waals surface area contributed by atoms with Crippen molar-refractivity contribution in [1.82, 2.24) is 5.32 Å². The van der Waals surface area contributed by atoms with Gasteiger partial charge in [-0.15, -0.1) is 11.3 Å². The van der Waals surface area contributed by atoms with Crippen molar-refractivity contribution in [3.8, 4) is 5.75 Å². The Bertz CT molecular complexity index is 1220. The predicted octanol–water partition coefficient (Wildman–Crippen LogP) is 7.50. The minimum absolute atomic E-state index is 0.102. The highest BCUT2D eigenvalue weighted by molar-refractivity contribution is 9.10. The van der Waals surface area contributed by atoms with Gasteiger partial charge in [-0.3, -0.25) is 4.79 Å². The molecule has 1 atom stereocenters. The SMILES string of the molecule is C=CCOc1ccc(C=Nc2sc3c(c2C(=O)NCc2ccco2)CC[C@@H](C(C)(C)C)C3)cc1Br. The third-order valence-corrected chi connectivity index (χ3v) is 8.13. The molecule has 5 nitrogen and oxygen atoms in total. The van der Waals surface area contributed by atoms with E-state index in [1.165, 1.54) is 4.88 Å². The van der Waals surface area contributed by atoms with Crippen molar-refractivity contribution in [2.75, 3.05) is 6.61 Å². The second kappa shape index (κ2) is 11.0. The molecule has 4 rings (SSSR count). The maximum atomic E-state index is 13.3. The highest BCUT2D eigenvalue weighted by Gasteiger charge is 2.33. The number of hydrogen-bond acceptors (Lipinski definition) is 5. The molecule has 0 bridgehead atoms. The molecule has 0 fully saturated rings. The number of aliphatic imine (C=N–C) groups is 1. The summed E-state index contributed by atoms with van der Waals surface area (Å²) in [5, 5.41) is 3.78. The first-order chi connectivity index (χ1) is 16.8. The van der Waals surface area contributed by atoms with Crippen LogP contribution in [-0.4, -0.2) is 18.7 Å². The first-order valence-corrected chi connectivity index (χ1v) is 13.4. The Morgan fingerprint density at radius 2 is 2.20 bits per heavy atom. The third-order valence-electron chi connectivity index (χ3n) is 6.35. The summed E-state index contributed by atoms with van der Waals surface area (Å²) in [6.07, 6.45) is 8.09. The van der Waals surface area contributed by atoms with Crippen molar-refractivity contribution >= 4 is 44.4 Å². The molecule has 1 aliphatic carbocycles. The van der Waals surface area contributed by atoms with Crippen LogP contribution in [0.3, 0.4) is 0 Å². The number of rotatable bonds is 8. The van der Waals surface area contributed by atoms with Gasteiger partial charge in [0.05, 0.1) is 22.8 Å². The van der Waals surface area contributed by atoms with Crippen LogP contribution in [0.15, 0.2) is 63.1 Å². The minimum Gasteiger partial charge on any atom is -0.488 e. The minimum atomic E-state index is -0.102. The molecule has 1 N–H and O–H groups in total. The van der Waals surface area contributed by atoms with Gasteiger partial charge < -0.3 is 14.5 Å². The van der Waals surface area contributed by atoms with E-state index in [2.05, 4.69) is 48.6 Å². The zero-order chi connectivity index (χ0) is 25.0. The summed E-state index contributed by atoms with van der Waals surface area (Å²) in [6, 6.07) is 9.49. The highest BCUT2D eigenvalue weighted by atomic mass is 79.9. The number of benzene rings is 1. The monoisotopic (exact) mass is 554 g/mol. The molecule has 2 aromatic heterocycles. The molecule has 7 heteroatoms. The van der Waals surface area contributed by atoms with Crippen LogP contribution in [0, 0.1) is 11.3 Å². The lowest BCUT2D eigenvalue weighted by atomic mass is 9.72. The summed E-state index contributed by atoms with van der Waals surface area (Å²) in [4.78, 5) is 19.4. The van der Waals surface area contributed by atoms with Crippen LogP contribution in [0.5, 0.6) is 5.75 Å². The Morgan fingerprint density at radius 3 is 2.89 bits per heavy atom. The number of fused-ring (bicyclic) bond motifs is 1. The molecular weight excluding hydrogens is 524 g/mol. The van der Waals surface area contributed by atoms with Crippen molar-refractivity contribution in [2.24, 2.45) is 16.3 Å². The highest BCUT2D eigenvalue weighted by Crippen LogP contribution is 2.45. The van der Waals surface area contributed by atoms with Crippen LogP contribution in [0.4, 0.5) is 5.00 Å². The second-order valence-corrected chi connectivity index (χ2v) is 11.7. The lowest BCUT2D eigenvalue weighted by Gasteiger charge is -2.33. The number of ether oxygens (including phenoxy) is 1. The quantitative estimate of drug-likeness (QED) is 0.231. The standard InChI is InChI=1S/C28H31BrN2O3S/c1-5-12-34-23-11-8-18(14-22(23)29)16-31-27-25(26(32)30-17-20-7-6-13-33-20)21-10-9-19(28(2,3)4)15-24(21)35-27/h5-8,11,13-14,16,19H,1,9-10,12,15,17H2,2-4H3,(H,30,32)/t19-/m1/s1. The van der Waals surface area contributed by atoms with Gasteiger partial charge in [0.15, 0.2) is 0 Å². The summed E-state index contributed by atoms with van der Waals surface area (Å²) in [6.45, 7) is 11.4. The molecule has 1 amide bonds. The van der Waals surface area contributed by atoms with E-state index >= 15 is 0 Å². The van der Waals surface area contributed by atoms with E-state index in [4.69, 9.17) is 14.1 Å². The van der Waals surface area contributed by atoms with Crippen molar-refractivity contribution in [3.05, 3.63) is 81.1 Å². The molecule has 184 valence electrons. The van der Waals surface area contributed by atoms with E-state index in [0.717, 1.165) is 51.4 Å². The average molecular weight is 556 g/mol. The molecule has 2 heterocycles. The van der Waals surface area contributed by atoms with Crippen molar-refractivity contribution < 1.29 is 13.9 Å². The number of halogens is 1. The van der Waals surface area contributed by atoms with Gasteiger partial charge in [0.1, 0.15) is 23.1 Å². The van der Waals surface area contributed by atoms with Gasteiger partial charge in [-0.1, -0.05) is 33.4 Å². The molecule has 0 saturated carbocycles. The second-order valence-electron chi connectivity index (χ2n) is 9.80. The summed E-state index contributed by atoms with van der Waals surface area (Å²) < 4.78 is 11.9. The van der Waals surface area contributed by atoms with Crippen LogP contribution >= 0.6 is 27.3 Å². The number of hydrogen-bond donors (Lipinski definition) is 1. The van der Waals surface area contributed by atoms with Gasteiger partial charge in [-0.05, 0) is 88.0 Å². The van der Waals surface area contributed by atoms with E-state index in [9.17, 15) is 4.79 Å². The van der Waals surface area contributed by atoms with Gasteiger partial charge in [-0.2, -0.15) is 0 Å². The first kappa shape index (κ1) is 25.5. The number of carbonyl (C=O) groups is 1. The smallest absolute Gasteiger partial charge is 0.255 e. The number of furan rings is 1. The topological polar surface area (TPSA) is 63.8 Å². The first-order valence-electron chi connectivity index (χ1n) is 11.8. The molecule has 0 aliphatic heterocycles. The normalized spacial score (nSPS) is 15.7. The van der Waals surface area contributed by atoms with Crippen LogP contribution < -0.4 is 10.1 Å². The number of nitrogens with zero attached hydrogens (tertiary/aromatic N) is 1. The average Bonchev–Trinajstić information content (AvgIpc) is 3.47. The summed E-state index contributed by atoms with van der Waals surface area (Å²) in [5.74, 6) is 1.96. The largest absolute Gasteiger partial charge is 0.488 e.